The second-order valence-corrected chi connectivity index (χ2v) is 8.58. The van der Waals surface area contributed by atoms with Gasteiger partial charge in [0.1, 0.15) is 40.8 Å². The van der Waals surface area contributed by atoms with E-state index in [4.69, 9.17) is 23.0 Å². The van der Waals surface area contributed by atoms with Crippen LogP contribution in [-0.4, -0.2) is 66.4 Å². The molecule has 10 heteroatoms. The number of aromatic nitrogens is 4. The van der Waals surface area contributed by atoms with Gasteiger partial charge >= 0.3 is 0 Å². The summed E-state index contributed by atoms with van der Waals surface area (Å²) in [4.78, 5) is 26.5. The Hall–Kier alpha value is -1.69. The van der Waals surface area contributed by atoms with E-state index in [2.05, 4.69) is 26.9 Å². The lowest BCUT2D eigenvalue weighted by Crippen LogP contribution is -2.33. The topological polar surface area (TPSA) is 82.5 Å². The number of halogens is 1. The van der Waals surface area contributed by atoms with Gasteiger partial charge in [0.15, 0.2) is 11.6 Å². The maximum Gasteiger partial charge on any atom is 0.227 e. The minimum Gasteiger partial charge on any atom is -0.355 e. The van der Waals surface area contributed by atoms with Gasteiger partial charge < -0.3 is 20.0 Å². The molecular formula is C20H31IN8O. The maximum absolute atomic E-state index is 5.17. The molecular weight excluding hydrogens is 495 g/mol. The summed E-state index contributed by atoms with van der Waals surface area (Å²) in [5.74, 6) is 3.14. The van der Waals surface area contributed by atoms with Crippen LogP contribution in [0, 0.1) is 0 Å². The first kappa shape index (κ1) is 21.5. The zero-order valence-corrected chi connectivity index (χ0v) is 20.1. The Kier molecular flexibility index (Phi) is 7.24. The number of hydrogen-bond acceptors (Lipinski definition) is 9. The fraction of sp³-hybridized carbons (Fsp3) is 0.700. The number of nitrogens with one attached hydrogen (secondary N) is 1. The highest BCUT2D eigenvalue weighted by Gasteiger charge is 2.25. The van der Waals surface area contributed by atoms with Gasteiger partial charge in [-0.3, -0.25) is 3.07 Å². The van der Waals surface area contributed by atoms with E-state index in [1.165, 1.54) is 38.5 Å². The molecule has 2 aliphatic heterocycles. The van der Waals surface area contributed by atoms with Crippen LogP contribution in [0.25, 0.3) is 11.0 Å². The maximum atomic E-state index is 5.17. The molecule has 0 atom stereocenters. The Morgan fingerprint density at radius 2 is 1.43 bits per heavy atom. The SMILES string of the molecule is CCN(C)c1nc(N2CCCCC2)c2nc(NCOI)nc(N3CCCCC3)c2n1. The molecule has 0 saturated carbocycles. The first-order valence-electron chi connectivity index (χ1n) is 11.0. The van der Waals surface area contributed by atoms with E-state index < -0.39 is 0 Å². The number of rotatable bonds is 7. The molecule has 0 amide bonds. The molecule has 0 aliphatic carbocycles. The van der Waals surface area contributed by atoms with Crippen LogP contribution in [0.1, 0.15) is 45.4 Å². The molecule has 2 aliphatic rings. The van der Waals surface area contributed by atoms with Crippen LogP contribution in [0.4, 0.5) is 23.5 Å². The van der Waals surface area contributed by atoms with Crippen molar-refractivity contribution in [1.82, 2.24) is 19.9 Å². The lowest BCUT2D eigenvalue weighted by molar-refractivity contribution is 0.464. The summed E-state index contributed by atoms with van der Waals surface area (Å²) >= 11 is 1.87. The van der Waals surface area contributed by atoms with E-state index in [0.29, 0.717) is 12.7 Å². The lowest BCUT2D eigenvalue weighted by Gasteiger charge is -2.31. The van der Waals surface area contributed by atoms with Gasteiger partial charge in [0.05, 0.1) is 0 Å². The fourth-order valence-electron chi connectivity index (χ4n) is 4.11. The van der Waals surface area contributed by atoms with Gasteiger partial charge in [-0.25, -0.2) is 9.97 Å². The third kappa shape index (κ3) is 4.63. The van der Waals surface area contributed by atoms with E-state index in [1.54, 1.807) is 0 Å². The highest BCUT2D eigenvalue weighted by Crippen LogP contribution is 2.33. The van der Waals surface area contributed by atoms with Crippen LogP contribution in [0.3, 0.4) is 0 Å². The van der Waals surface area contributed by atoms with Crippen molar-refractivity contribution in [1.29, 1.82) is 0 Å². The number of piperidine rings is 2. The Morgan fingerprint density at radius 1 is 0.867 bits per heavy atom. The van der Waals surface area contributed by atoms with Gasteiger partial charge in [-0.2, -0.15) is 9.97 Å². The number of anilines is 4. The van der Waals surface area contributed by atoms with E-state index in [1.807, 2.05) is 30.1 Å². The summed E-state index contributed by atoms with van der Waals surface area (Å²) in [6, 6.07) is 0. The molecule has 2 aromatic heterocycles. The minimum absolute atomic E-state index is 0.349. The smallest absolute Gasteiger partial charge is 0.227 e. The monoisotopic (exact) mass is 526 g/mol. The van der Waals surface area contributed by atoms with E-state index >= 15 is 0 Å². The Labute approximate surface area is 192 Å². The molecule has 4 rings (SSSR count). The first-order chi connectivity index (χ1) is 14.7. The number of fused-ring (bicyclic) bond motifs is 1. The predicted octanol–water partition coefficient (Wildman–Crippen LogP) is 3.59. The lowest BCUT2D eigenvalue weighted by atomic mass is 10.1. The van der Waals surface area contributed by atoms with Crippen molar-refractivity contribution < 1.29 is 3.07 Å². The number of hydrogen-bond donors (Lipinski definition) is 1. The fourth-order valence-corrected chi connectivity index (χ4v) is 4.27. The molecule has 0 spiro atoms. The van der Waals surface area contributed by atoms with Gasteiger partial charge in [-0.1, -0.05) is 0 Å². The van der Waals surface area contributed by atoms with Crippen LogP contribution >= 0.6 is 23.0 Å². The summed E-state index contributed by atoms with van der Waals surface area (Å²) in [7, 11) is 2.04. The molecule has 30 heavy (non-hydrogen) atoms. The standard InChI is InChI=1S/C20H31IN8O/c1-3-27(2)20-24-16-15(18(26-20)29-12-8-5-9-13-29)23-19(22-14-30-21)25-17(16)28-10-6-4-7-11-28/h3-14H2,1-2H3,(H,22,23,25). The van der Waals surface area contributed by atoms with Gasteiger partial charge in [0.25, 0.3) is 0 Å². The van der Waals surface area contributed by atoms with Crippen molar-refractivity contribution in [3.63, 3.8) is 0 Å². The molecule has 4 heterocycles. The summed E-state index contributed by atoms with van der Waals surface area (Å²) in [6.45, 7) is 7.31. The Morgan fingerprint density at radius 3 is 2.00 bits per heavy atom. The van der Waals surface area contributed by atoms with E-state index in [0.717, 1.165) is 61.3 Å². The molecule has 9 nitrogen and oxygen atoms in total. The van der Waals surface area contributed by atoms with Crippen molar-refractivity contribution in [3.8, 4) is 0 Å². The summed E-state index contributed by atoms with van der Waals surface area (Å²) in [5, 5.41) is 3.18. The number of nitrogens with zero attached hydrogens (tertiary/aromatic N) is 7. The Bertz CT molecular complexity index is 854. The van der Waals surface area contributed by atoms with Crippen LogP contribution < -0.4 is 20.0 Å². The molecule has 164 valence electrons. The summed E-state index contributed by atoms with van der Waals surface area (Å²) in [5.41, 5.74) is 1.68. The summed E-state index contributed by atoms with van der Waals surface area (Å²) < 4.78 is 5.17. The second-order valence-electron chi connectivity index (χ2n) is 7.96. The van der Waals surface area contributed by atoms with Crippen molar-refractivity contribution in [3.05, 3.63) is 0 Å². The average molecular weight is 526 g/mol. The highest BCUT2D eigenvalue weighted by molar-refractivity contribution is 14.1. The molecule has 2 saturated heterocycles. The normalized spacial score (nSPS) is 17.4. The van der Waals surface area contributed by atoms with Crippen LogP contribution in [0.15, 0.2) is 0 Å². The first-order valence-corrected chi connectivity index (χ1v) is 11.9. The molecule has 0 aromatic carbocycles. The third-order valence-corrected chi connectivity index (χ3v) is 6.22. The molecule has 0 unspecified atom stereocenters. The largest absolute Gasteiger partial charge is 0.355 e. The van der Waals surface area contributed by atoms with Crippen LogP contribution in [0.2, 0.25) is 0 Å². The van der Waals surface area contributed by atoms with Crippen molar-refractivity contribution in [2.75, 3.05) is 66.5 Å². The predicted molar refractivity (Wildman–Crippen MR) is 130 cm³/mol. The van der Waals surface area contributed by atoms with Gasteiger partial charge in [0, 0.05) is 39.8 Å². The molecule has 1 N–H and O–H groups in total. The second kappa shape index (κ2) is 10.1. The van der Waals surface area contributed by atoms with Crippen molar-refractivity contribution in [2.45, 2.75) is 45.4 Å². The average Bonchev–Trinajstić information content (AvgIpc) is 2.82. The third-order valence-electron chi connectivity index (χ3n) is 5.91. The molecule has 2 aromatic rings. The van der Waals surface area contributed by atoms with E-state index in [-0.39, 0.29) is 0 Å². The molecule has 2 fully saturated rings. The summed E-state index contributed by atoms with van der Waals surface area (Å²) in [6.07, 6.45) is 7.26. The quantitative estimate of drug-likeness (QED) is 0.430. The van der Waals surface area contributed by atoms with Crippen molar-refractivity contribution in [2.24, 2.45) is 0 Å². The van der Waals surface area contributed by atoms with Gasteiger partial charge in [0.2, 0.25) is 11.9 Å². The van der Waals surface area contributed by atoms with Crippen LogP contribution in [-0.2, 0) is 3.07 Å². The highest BCUT2D eigenvalue weighted by atomic mass is 127. The molecule has 0 bridgehead atoms. The molecule has 0 radical (unpaired) electrons. The Balaban J connectivity index is 1.89. The van der Waals surface area contributed by atoms with Crippen LogP contribution in [0.5, 0.6) is 0 Å². The zero-order valence-electron chi connectivity index (χ0n) is 17.9. The minimum atomic E-state index is 0.349. The van der Waals surface area contributed by atoms with E-state index in [9.17, 15) is 0 Å². The zero-order chi connectivity index (χ0) is 20.9. The van der Waals surface area contributed by atoms with Gasteiger partial charge in [-0.15, -0.1) is 0 Å². The van der Waals surface area contributed by atoms with Crippen molar-refractivity contribution >= 4 is 57.6 Å². The van der Waals surface area contributed by atoms with Gasteiger partial charge in [-0.05, 0) is 45.4 Å².